The van der Waals surface area contributed by atoms with E-state index in [0.29, 0.717) is 132 Å². The zero-order chi connectivity index (χ0) is 99.7. The Morgan fingerprint density at radius 1 is 0.496 bits per heavy atom. The highest BCUT2D eigenvalue weighted by Gasteiger charge is 2.50. The van der Waals surface area contributed by atoms with Gasteiger partial charge in [-0.1, -0.05) is 20.8 Å². The molecule has 0 fully saturated rings. The molecular formula is C97H111F3N10O26S. The number of pyridine rings is 6. The van der Waals surface area contributed by atoms with Gasteiger partial charge in [0.15, 0.2) is 16.8 Å². The van der Waals surface area contributed by atoms with E-state index in [0.717, 1.165) is 66.2 Å². The Balaban J connectivity index is 0.000000151. The fraction of sp³-hybridized carbons (Fsp3) is 0.485. The van der Waals surface area contributed by atoms with Crippen molar-refractivity contribution in [3.63, 3.8) is 0 Å². The summed E-state index contributed by atoms with van der Waals surface area (Å²) in [5, 5.41) is 50.2. The molecule has 18 rings (SSSR count). The molecule has 36 nitrogen and oxygen atoms in total. The van der Waals surface area contributed by atoms with Crippen molar-refractivity contribution in [2.24, 2.45) is 11.5 Å². The molecule has 11 N–H and O–H groups in total. The van der Waals surface area contributed by atoms with Crippen molar-refractivity contribution in [2.45, 2.75) is 252 Å². The van der Waals surface area contributed by atoms with Gasteiger partial charge in [-0.2, -0.15) is 8.42 Å². The van der Waals surface area contributed by atoms with Crippen LogP contribution < -0.4 is 38.8 Å². The molecule has 6 aliphatic heterocycles. The number of aryl methyl sites for hydroxylation is 3. The van der Waals surface area contributed by atoms with Crippen molar-refractivity contribution in [1.29, 1.82) is 0 Å². The second-order valence-corrected chi connectivity index (χ2v) is 38.8. The number of amides is 2. The van der Waals surface area contributed by atoms with E-state index >= 15 is 4.39 Å². The summed E-state index contributed by atoms with van der Waals surface area (Å²) in [7, 11) is -3.67. The Bertz CT molecular complexity index is 6850. The number of ether oxygens (including phenoxy) is 8. The van der Waals surface area contributed by atoms with E-state index in [1.807, 2.05) is 0 Å². The number of hydrogen-bond acceptors (Lipinski definition) is 29. The van der Waals surface area contributed by atoms with Gasteiger partial charge in [-0.3, -0.25) is 38.1 Å². The maximum Gasteiger partial charge on any atom is 0.343 e. The molecule has 0 radical (unpaired) electrons. The van der Waals surface area contributed by atoms with Gasteiger partial charge in [-0.05, 0) is 201 Å². The monoisotopic (exact) mass is 1920 g/mol. The lowest BCUT2D eigenvalue weighted by atomic mass is 9.81. The second-order valence-electron chi connectivity index (χ2n) is 37.4. The minimum Gasteiger partial charge on any atom is -0.480 e. The Morgan fingerprint density at radius 3 is 1.12 bits per heavy atom. The smallest absolute Gasteiger partial charge is 0.343 e. The summed E-state index contributed by atoms with van der Waals surface area (Å²) in [6, 6.07) is 7.96. The summed E-state index contributed by atoms with van der Waals surface area (Å²) in [6.07, 6.45) is 5.58. The maximum atomic E-state index is 15.1. The molecule has 2 amide bonds. The van der Waals surface area contributed by atoms with Gasteiger partial charge in [0.2, 0.25) is 11.8 Å². The van der Waals surface area contributed by atoms with Crippen LogP contribution in [0.1, 0.15) is 245 Å². The van der Waals surface area contributed by atoms with Gasteiger partial charge in [-0.25, -0.2) is 47.3 Å². The van der Waals surface area contributed by atoms with Crippen LogP contribution >= 0.6 is 0 Å². The lowest BCUT2D eigenvalue weighted by Crippen LogP contribution is -2.44. The number of esters is 5. The summed E-state index contributed by atoms with van der Waals surface area (Å²) in [5.41, 5.74) is 18.5. The number of aliphatic hydroxyl groups is 3. The van der Waals surface area contributed by atoms with Gasteiger partial charge in [0.1, 0.15) is 68.3 Å². The number of halogens is 3. The lowest BCUT2D eigenvalue weighted by Gasteiger charge is -2.31. The van der Waals surface area contributed by atoms with Crippen molar-refractivity contribution in [3.05, 3.63) is 185 Å². The number of fused-ring (bicyclic) bond motifs is 15. The van der Waals surface area contributed by atoms with Crippen molar-refractivity contribution < 1.29 is 123 Å². The number of carboxylic acids is 1. The quantitative estimate of drug-likeness (QED) is 0.0141. The summed E-state index contributed by atoms with van der Waals surface area (Å²) in [6.45, 7) is 21.2. The van der Waals surface area contributed by atoms with Gasteiger partial charge in [0, 0.05) is 106 Å². The van der Waals surface area contributed by atoms with Crippen LogP contribution in [0.15, 0.2) is 50.8 Å². The number of benzene rings is 3. The molecule has 0 bridgehead atoms. The van der Waals surface area contributed by atoms with E-state index in [2.05, 4.69) is 10.6 Å². The van der Waals surface area contributed by atoms with Crippen molar-refractivity contribution >= 4 is 90.5 Å². The third-order valence-electron chi connectivity index (χ3n) is 26.0. The predicted octanol–water partition coefficient (Wildman–Crippen LogP) is 8.56. The Kier molecular flexibility index (Phi) is 28.7. The molecule has 0 unspecified atom stereocenters. The lowest BCUT2D eigenvalue weighted by molar-refractivity contribution is -0.172. The van der Waals surface area contributed by atoms with Gasteiger partial charge in [0.05, 0.1) is 112 Å². The van der Waals surface area contributed by atoms with Crippen LogP contribution in [0.5, 0.6) is 0 Å². The number of hydrogen-bond donors (Lipinski definition) is 9. The molecule has 0 spiro atoms. The molecule has 3 aromatic carbocycles. The molecule has 6 atom stereocenters. The highest BCUT2D eigenvalue weighted by atomic mass is 32.2. The topological polar surface area (TPSA) is 526 Å². The molecule has 9 aliphatic rings. The minimum atomic E-state index is -3.67. The number of aromatic nitrogens is 6. The number of carbonyl (C=O) groups is 8. The molecule has 6 aromatic heterocycles. The van der Waals surface area contributed by atoms with Crippen LogP contribution in [0.25, 0.3) is 66.9 Å². The fourth-order valence-corrected chi connectivity index (χ4v) is 19.5. The number of nitrogens with one attached hydrogen (secondary N) is 2. The molecule has 0 saturated heterocycles. The zero-order valence-corrected chi connectivity index (χ0v) is 79.1. The number of carboxylic acid groups (broad SMARTS) is 1. The van der Waals surface area contributed by atoms with Crippen molar-refractivity contribution in [3.8, 4) is 34.2 Å². The molecule has 40 heteroatoms. The predicted molar refractivity (Wildman–Crippen MR) is 488 cm³/mol. The third kappa shape index (κ3) is 19.7. The number of carbonyl (C=O) groups excluding carboxylic acids is 7. The van der Waals surface area contributed by atoms with Crippen LogP contribution in [-0.2, 0) is 162 Å². The van der Waals surface area contributed by atoms with E-state index in [4.69, 9.17) is 74.0 Å². The first kappa shape index (κ1) is 101. The number of cyclic esters (lactones) is 3. The van der Waals surface area contributed by atoms with Crippen molar-refractivity contribution in [2.75, 3.05) is 52.4 Å². The molecule has 137 heavy (non-hydrogen) atoms. The highest BCUT2D eigenvalue weighted by Crippen LogP contribution is 2.51. The Morgan fingerprint density at radius 2 is 0.803 bits per heavy atom. The second kappa shape index (κ2) is 39.0. The fourth-order valence-electron chi connectivity index (χ4n) is 19.5. The molecule has 3 aliphatic carbocycles. The number of nitrogens with two attached hydrogens (primary N) is 2. The Labute approximate surface area is 784 Å². The van der Waals surface area contributed by atoms with E-state index in [9.17, 15) is 85.3 Å². The molecule has 732 valence electrons. The van der Waals surface area contributed by atoms with Gasteiger partial charge in [-0.15, -0.1) is 0 Å². The van der Waals surface area contributed by atoms with E-state index in [1.165, 1.54) is 22.8 Å². The third-order valence-corrected chi connectivity index (χ3v) is 26.0. The van der Waals surface area contributed by atoms with Crippen molar-refractivity contribution in [1.82, 2.24) is 39.3 Å². The van der Waals surface area contributed by atoms with E-state index in [1.54, 1.807) is 110 Å². The number of aliphatic carboxylic acids is 1. The van der Waals surface area contributed by atoms with E-state index in [-0.39, 0.29) is 197 Å². The number of nitrogens with zero attached hydrogens (tertiary/aromatic N) is 6. The highest BCUT2D eigenvalue weighted by molar-refractivity contribution is 7.85. The molecular weight excluding hydrogens is 1810 g/mol. The van der Waals surface area contributed by atoms with Gasteiger partial charge in [0.25, 0.3) is 26.8 Å². The molecule has 9 aromatic rings. The maximum absolute atomic E-state index is 15.1. The first-order chi connectivity index (χ1) is 64.5. The average molecular weight is 1920 g/mol. The van der Waals surface area contributed by atoms with Crippen LogP contribution in [0, 0.1) is 38.2 Å². The normalized spacial score (nSPS) is 19.6. The van der Waals surface area contributed by atoms with Gasteiger partial charge >= 0.3 is 35.8 Å². The number of rotatable bonds is 21. The standard InChI is InChI=1S/C34H38FN3O8.C28H29FN4O6.C24H22FN3O4.C10H18O5.CH4O3S/c1-6-34(43)21-12-25-30-19(14-38(25)31(41)20(21)15-45-32(34)42)29-23(10-9-18-17(2)22(35)13-24(37-30)28(18)29)36-26(39)16-44-11-7-8-27(40)46-33(3,4)5;1-3-28(37)17-8-21-25-15(10-33(21)26(35)16(17)11-39-27(28)36)24-19(31-22(34)12-38-7-6-30)5-4-14-13(2)18(29)9-20(32-25)23(14)24;1-3-24(31)14-6-18-21-12(8-28(18)22(29)13(14)9-32-23(24)30)19-16(26)5-4-11-10(2)15(25)7-17(27-21)20(11)19;1-10(2,3)15-9(13)5-4-6-14-7-8(11)12;1-5(2,3)4/h12-13,23,43H,6-11,14-16H2,1-5H3,(H,36,39);8-9,19,37H,3-7,10-12,30H2,1-2H3,(H,31,34);6-7,16,31H,3-5,8-9,26H2,1-2H3;4-7H2,1-3H3,(H,11,12);1H3,(H,2,3,4)/t23-,34-;19-,28-;16-,24-;;/m000../s1. The summed E-state index contributed by atoms with van der Waals surface area (Å²) in [4.78, 5) is 152. The van der Waals surface area contributed by atoms with Crippen LogP contribution in [0.2, 0.25) is 0 Å². The van der Waals surface area contributed by atoms with Gasteiger partial charge < -0.3 is 94.1 Å². The Hall–Kier alpha value is -12.1. The summed E-state index contributed by atoms with van der Waals surface area (Å²) in [5.74, 6) is -5.75. The minimum absolute atomic E-state index is 0.00993. The summed E-state index contributed by atoms with van der Waals surface area (Å²) >= 11 is 0. The first-order valence-corrected chi connectivity index (χ1v) is 47.1. The molecule has 12 heterocycles. The van der Waals surface area contributed by atoms with E-state index < -0.39 is 85.5 Å². The SMILES string of the molecule is CC(C)(C)OC(=O)CCCOCC(=O)O.CC[C@@]1(O)C(=O)OCc2c1cc1n(c2=O)Cc2c-1nc1cc(F)c(C)c3c1c2[C@@H](N)CC3.CC[C@@]1(O)C(=O)OCc2c1cc1n(c2=O)Cc2c-1nc1cc(F)c(C)c3c1c2[C@@H](NC(=O)COCCCC(=O)OC(C)(C)C)CC3.CC[C@@]1(O)C(=O)OCc2c1cc1n(c2=O)Cc2c-1nc1cc(F)c(C)c3c1c2[C@@H](NC(=O)COCCN)CC3.CS(=O)(=O)O. The molecule has 0 saturated carbocycles. The zero-order valence-electron chi connectivity index (χ0n) is 78.3. The van der Waals surface area contributed by atoms with Crippen LogP contribution in [0.4, 0.5) is 13.2 Å². The van der Waals surface area contributed by atoms with Crippen LogP contribution in [-0.4, -0.2) is 173 Å². The first-order valence-electron chi connectivity index (χ1n) is 45.3. The van der Waals surface area contributed by atoms with Crippen LogP contribution in [0.3, 0.4) is 0 Å². The average Bonchev–Trinajstić information content (AvgIpc) is 1.58. The largest absolute Gasteiger partial charge is 0.480 e. The summed E-state index contributed by atoms with van der Waals surface area (Å²) < 4.78 is 117.